The van der Waals surface area contributed by atoms with Gasteiger partial charge in [0, 0.05) is 32.6 Å². The predicted molar refractivity (Wildman–Crippen MR) is 128 cm³/mol. The Labute approximate surface area is 196 Å². The minimum Gasteiger partial charge on any atom is -0.355 e. The van der Waals surface area contributed by atoms with Crippen molar-refractivity contribution >= 4 is 21.8 Å². The van der Waals surface area contributed by atoms with Gasteiger partial charge in [-0.1, -0.05) is 42.5 Å². The van der Waals surface area contributed by atoms with Crippen molar-refractivity contribution in [1.29, 1.82) is 0 Å². The number of likely N-dealkylation sites (N-methyl/N-ethyl adjacent to an activating group) is 1. The second-order valence-electron chi connectivity index (χ2n) is 8.33. The van der Waals surface area contributed by atoms with Crippen LogP contribution in [0.2, 0.25) is 0 Å². The molecule has 1 fully saturated rings. The Hall–Kier alpha value is -2.71. The summed E-state index contributed by atoms with van der Waals surface area (Å²) in [7, 11) is -3.45. The van der Waals surface area contributed by atoms with Crippen LogP contribution in [0, 0.1) is 0 Å². The number of benzene rings is 2. The molecule has 0 saturated carbocycles. The normalized spacial score (nSPS) is 15.2. The molecule has 0 spiro atoms. The molecule has 1 aliphatic heterocycles. The minimum atomic E-state index is -3.45. The van der Waals surface area contributed by atoms with E-state index in [1.54, 1.807) is 36.1 Å². The molecule has 1 heterocycles. The molecule has 0 aromatic heterocycles. The van der Waals surface area contributed by atoms with E-state index in [2.05, 4.69) is 5.32 Å². The van der Waals surface area contributed by atoms with E-state index in [4.69, 9.17) is 0 Å². The lowest BCUT2D eigenvalue weighted by Gasteiger charge is -2.28. The molecule has 1 aliphatic rings. The topological polar surface area (TPSA) is 86.8 Å². The molecule has 1 atom stereocenters. The van der Waals surface area contributed by atoms with Gasteiger partial charge in [-0.3, -0.25) is 9.59 Å². The third kappa shape index (κ3) is 6.42. The number of sulfonamides is 1. The molecule has 0 radical (unpaired) electrons. The monoisotopic (exact) mass is 471 g/mol. The molecule has 7 nitrogen and oxygen atoms in total. The smallest absolute Gasteiger partial charge is 0.243 e. The van der Waals surface area contributed by atoms with Crippen LogP contribution in [0.3, 0.4) is 0 Å². The Morgan fingerprint density at radius 2 is 1.64 bits per heavy atom. The summed E-state index contributed by atoms with van der Waals surface area (Å²) in [4.78, 5) is 27.4. The molecular formula is C25H33N3O4S. The number of carbonyl (C=O) groups is 2. The van der Waals surface area contributed by atoms with Gasteiger partial charge in [0.05, 0.1) is 4.90 Å². The molecule has 3 rings (SSSR count). The fraction of sp³-hybridized carbons (Fsp3) is 0.440. The third-order valence-corrected chi connectivity index (χ3v) is 7.88. The molecule has 1 saturated heterocycles. The molecule has 0 unspecified atom stereocenters. The summed E-state index contributed by atoms with van der Waals surface area (Å²) in [5.41, 5.74) is 1.84. The summed E-state index contributed by atoms with van der Waals surface area (Å²) in [6.45, 7) is 5.58. The van der Waals surface area contributed by atoms with Crippen LogP contribution in [0.5, 0.6) is 0 Å². The van der Waals surface area contributed by atoms with E-state index in [0.29, 0.717) is 32.6 Å². The van der Waals surface area contributed by atoms with Crippen molar-refractivity contribution in [2.75, 3.05) is 19.6 Å². The zero-order valence-corrected chi connectivity index (χ0v) is 20.2. The van der Waals surface area contributed by atoms with Crippen LogP contribution in [0.1, 0.15) is 44.2 Å². The highest BCUT2D eigenvalue weighted by Gasteiger charge is 2.27. The summed E-state index contributed by atoms with van der Waals surface area (Å²) in [5.74, 6) is -0.301. The Kier molecular flexibility index (Phi) is 8.63. The largest absolute Gasteiger partial charge is 0.355 e. The standard InChI is InChI=1S/C25H33N3O4S/c1-3-26-25(30)20(2)28(19-22-9-5-4-6-10-22)24(29)16-13-21-11-14-23(15-12-21)33(31,32)27-17-7-8-18-27/h4-6,9-12,14-15,20H,3,7-8,13,16-19H2,1-2H3,(H,26,30)/t20-/m0/s1. The van der Waals surface area contributed by atoms with Gasteiger partial charge in [0.2, 0.25) is 21.8 Å². The molecular weight excluding hydrogens is 438 g/mol. The van der Waals surface area contributed by atoms with Crippen molar-refractivity contribution in [3.8, 4) is 0 Å². The summed E-state index contributed by atoms with van der Waals surface area (Å²) in [5, 5.41) is 2.79. The quantitative estimate of drug-likeness (QED) is 0.577. The molecule has 178 valence electrons. The third-order valence-electron chi connectivity index (χ3n) is 5.97. The molecule has 2 amide bonds. The van der Waals surface area contributed by atoms with E-state index in [-0.39, 0.29) is 23.1 Å². The minimum absolute atomic E-state index is 0.119. The molecule has 2 aromatic rings. The summed E-state index contributed by atoms with van der Waals surface area (Å²) in [6, 6.07) is 15.8. The molecule has 2 aromatic carbocycles. The zero-order valence-electron chi connectivity index (χ0n) is 19.4. The van der Waals surface area contributed by atoms with Gasteiger partial charge in [-0.05, 0) is 56.4 Å². The fourth-order valence-corrected chi connectivity index (χ4v) is 5.50. The SMILES string of the molecule is CCNC(=O)[C@H](C)N(Cc1ccccc1)C(=O)CCc1ccc(S(=O)(=O)N2CCCC2)cc1. The first-order valence-corrected chi connectivity index (χ1v) is 13.0. The van der Waals surface area contributed by atoms with Gasteiger partial charge in [-0.25, -0.2) is 8.42 Å². The number of nitrogens with zero attached hydrogens (tertiary/aromatic N) is 2. The average molecular weight is 472 g/mol. The maximum Gasteiger partial charge on any atom is 0.243 e. The number of hydrogen-bond donors (Lipinski definition) is 1. The van der Waals surface area contributed by atoms with Gasteiger partial charge < -0.3 is 10.2 Å². The predicted octanol–water partition coefficient (Wildman–Crippen LogP) is 2.96. The lowest BCUT2D eigenvalue weighted by Crippen LogP contribution is -2.47. The zero-order chi connectivity index (χ0) is 23.8. The van der Waals surface area contributed by atoms with Gasteiger partial charge in [-0.15, -0.1) is 0 Å². The van der Waals surface area contributed by atoms with Crippen molar-refractivity contribution in [3.63, 3.8) is 0 Å². The van der Waals surface area contributed by atoms with E-state index in [1.165, 1.54) is 4.31 Å². The first kappa shape index (κ1) is 24.9. The van der Waals surface area contributed by atoms with Gasteiger partial charge in [0.25, 0.3) is 0 Å². The highest BCUT2D eigenvalue weighted by Crippen LogP contribution is 2.21. The number of hydrogen-bond acceptors (Lipinski definition) is 4. The van der Waals surface area contributed by atoms with E-state index in [1.807, 2.05) is 37.3 Å². The number of nitrogens with one attached hydrogen (secondary N) is 1. The van der Waals surface area contributed by atoms with Crippen LogP contribution in [-0.2, 0) is 32.6 Å². The van der Waals surface area contributed by atoms with Crippen molar-refractivity contribution < 1.29 is 18.0 Å². The second kappa shape index (κ2) is 11.4. The Bertz CT molecular complexity index is 1030. The summed E-state index contributed by atoms with van der Waals surface area (Å²) in [6.07, 6.45) is 2.49. The van der Waals surface area contributed by atoms with E-state index in [0.717, 1.165) is 24.0 Å². The second-order valence-corrected chi connectivity index (χ2v) is 10.3. The Balaban J connectivity index is 1.67. The average Bonchev–Trinajstić information content (AvgIpc) is 3.38. The van der Waals surface area contributed by atoms with Gasteiger partial charge >= 0.3 is 0 Å². The first-order chi connectivity index (χ1) is 15.8. The van der Waals surface area contributed by atoms with Crippen LogP contribution in [0.15, 0.2) is 59.5 Å². The van der Waals surface area contributed by atoms with Crippen LogP contribution < -0.4 is 5.32 Å². The van der Waals surface area contributed by atoms with Gasteiger partial charge in [0.15, 0.2) is 0 Å². The molecule has 0 aliphatic carbocycles. The molecule has 1 N–H and O–H groups in total. The summed E-state index contributed by atoms with van der Waals surface area (Å²) >= 11 is 0. The Morgan fingerprint density at radius 1 is 1.00 bits per heavy atom. The Morgan fingerprint density at radius 3 is 2.24 bits per heavy atom. The van der Waals surface area contributed by atoms with Crippen molar-refractivity contribution in [1.82, 2.24) is 14.5 Å². The van der Waals surface area contributed by atoms with Crippen molar-refractivity contribution in [3.05, 3.63) is 65.7 Å². The molecule has 0 bridgehead atoms. The maximum atomic E-state index is 13.1. The number of rotatable bonds is 10. The van der Waals surface area contributed by atoms with Crippen LogP contribution in [0.4, 0.5) is 0 Å². The van der Waals surface area contributed by atoms with Gasteiger partial charge in [-0.2, -0.15) is 4.31 Å². The fourth-order valence-electron chi connectivity index (χ4n) is 3.99. The lowest BCUT2D eigenvalue weighted by atomic mass is 10.1. The highest BCUT2D eigenvalue weighted by atomic mass is 32.2. The number of aryl methyl sites for hydroxylation is 1. The lowest BCUT2D eigenvalue weighted by molar-refractivity contribution is -0.140. The van der Waals surface area contributed by atoms with Crippen LogP contribution in [-0.4, -0.2) is 55.1 Å². The van der Waals surface area contributed by atoms with E-state index in [9.17, 15) is 18.0 Å². The highest BCUT2D eigenvalue weighted by molar-refractivity contribution is 7.89. The van der Waals surface area contributed by atoms with E-state index < -0.39 is 16.1 Å². The molecule has 33 heavy (non-hydrogen) atoms. The van der Waals surface area contributed by atoms with Crippen LogP contribution in [0.25, 0.3) is 0 Å². The van der Waals surface area contributed by atoms with Crippen molar-refractivity contribution in [2.24, 2.45) is 0 Å². The van der Waals surface area contributed by atoms with E-state index >= 15 is 0 Å². The first-order valence-electron chi connectivity index (χ1n) is 11.5. The number of carbonyl (C=O) groups excluding carboxylic acids is 2. The van der Waals surface area contributed by atoms with Crippen molar-refractivity contribution in [2.45, 2.75) is 57.0 Å². The van der Waals surface area contributed by atoms with Crippen LogP contribution >= 0.6 is 0 Å². The maximum absolute atomic E-state index is 13.1. The number of amides is 2. The molecule has 8 heteroatoms. The van der Waals surface area contributed by atoms with Gasteiger partial charge in [0.1, 0.15) is 6.04 Å². The summed E-state index contributed by atoms with van der Waals surface area (Å²) < 4.78 is 26.9.